The van der Waals surface area contributed by atoms with Gasteiger partial charge in [-0.05, 0) is 55.4 Å². The number of rotatable bonds is 5. The number of hydrogen-bond donors (Lipinski definition) is 1. The number of halogens is 1. The summed E-state index contributed by atoms with van der Waals surface area (Å²) in [6.45, 7) is 0.761. The van der Waals surface area contributed by atoms with E-state index in [1.165, 1.54) is 25.7 Å². The average molecular weight is 419 g/mol. The predicted molar refractivity (Wildman–Crippen MR) is 111 cm³/mol. The molecule has 5 heteroatoms. The first-order valence-corrected chi connectivity index (χ1v) is 9.82. The lowest BCUT2D eigenvalue weighted by Crippen LogP contribution is -2.41. The normalized spacial score (nSPS) is 14.3. The molecular weight excluding hydrogens is 396 g/mol. The minimum absolute atomic E-state index is 0.486. The van der Waals surface area contributed by atoms with Crippen LogP contribution < -0.4 is 10.1 Å². The van der Waals surface area contributed by atoms with Crippen molar-refractivity contribution in [2.24, 2.45) is 0 Å². The summed E-state index contributed by atoms with van der Waals surface area (Å²) in [5.74, 6) is 0.914. The third-order valence-electron chi connectivity index (χ3n) is 4.66. The molecule has 0 amide bonds. The van der Waals surface area contributed by atoms with Gasteiger partial charge >= 0.3 is 0 Å². The Labute approximate surface area is 163 Å². The lowest BCUT2D eigenvalue weighted by molar-refractivity contribution is 0.305. The smallest absolute Gasteiger partial charge is 0.173 e. The van der Waals surface area contributed by atoms with Gasteiger partial charge in [0, 0.05) is 28.3 Å². The second kappa shape index (κ2) is 8.68. The van der Waals surface area contributed by atoms with Gasteiger partial charge in [-0.3, -0.25) is 0 Å². The molecule has 132 valence electrons. The van der Waals surface area contributed by atoms with Crippen molar-refractivity contribution in [3.63, 3.8) is 0 Å². The Bertz CT molecular complexity index is 714. The lowest BCUT2D eigenvalue weighted by Gasteiger charge is -2.32. The van der Waals surface area contributed by atoms with Crippen LogP contribution in [0.2, 0.25) is 0 Å². The Kier molecular flexibility index (Phi) is 6.32. The molecule has 1 aliphatic carbocycles. The maximum absolute atomic E-state index is 5.77. The number of nitrogens with one attached hydrogen (secondary N) is 1. The fourth-order valence-electron chi connectivity index (χ4n) is 3.33. The van der Waals surface area contributed by atoms with Crippen molar-refractivity contribution >= 4 is 38.9 Å². The number of ether oxygens (including phenoxy) is 1. The van der Waals surface area contributed by atoms with Gasteiger partial charge in [0.05, 0.1) is 7.11 Å². The van der Waals surface area contributed by atoms with E-state index >= 15 is 0 Å². The van der Waals surface area contributed by atoms with Gasteiger partial charge < -0.3 is 15.0 Å². The quantitative estimate of drug-likeness (QED) is 0.638. The van der Waals surface area contributed by atoms with Crippen LogP contribution in [-0.2, 0) is 6.54 Å². The summed E-state index contributed by atoms with van der Waals surface area (Å²) >= 11 is 9.24. The van der Waals surface area contributed by atoms with Crippen molar-refractivity contribution in [3.8, 4) is 5.75 Å². The molecule has 0 aliphatic heterocycles. The third-order valence-corrected chi connectivity index (χ3v) is 5.52. The highest BCUT2D eigenvalue weighted by Crippen LogP contribution is 2.28. The highest BCUT2D eigenvalue weighted by molar-refractivity contribution is 9.10. The van der Waals surface area contributed by atoms with Gasteiger partial charge in [-0.2, -0.15) is 0 Å². The van der Waals surface area contributed by atoms with Crippen LogP contribution in [0.4, 0.5) is 5.69 Å². The van der Waals surface area contributed by atoms with E-state index in [2.05, 4.69) is 38.3 Å². The van der Waals surface area contributed by atoms with Gasteiger partial charge in [0.25, 0.3) is 0 Å². The Morgan fingerprint density at radius 3 is 2.52 bits per heavy atom. The van der Waals surface area contributed by atoms with Crippen LogP contribution in [-0.4, -0.2) is 23.2 Å². The molecule has 0 saturated heterocycles. The van der Waals surface area contributed by atoms with Crippen LogP contribution in [0.5, 0.6) is 5.75 Å². The maximum Gasteiger partial charge on any atom is 0.173 e. The van der Waals surface area contributed by atoms with Gasteiger partial charge in [-0.25, -0.2) is 0 Å². The van der Waals surface area contributed by atoms with E-state index < -0.39 is 0 Å². The van der Waals surface area contributed by atoms with Crippen LogP contribution in [0.25, 0.3) is 0 Å². The van der Waals surface area contributed by atoms with Crippen LogP contribution in [0, 0.1) is 0 Å². The summed E-state index contributed by atoms with van der Waals surface area (Å²) in [6.07, 6.45) is 4.93. The first kappa shape index (κ1) is 18.2. The van der Waals surface area contributed by atoms with Crippen molar-refractivity contribution in [3.05, 3.63) is 58.6 Å². The van der Waals surface area contributed by atoms with Crippen molar-refractivity contribution in [1.82, 2.24) is 4.90 Å². The molecule has 0 radical (unpaired) electrons. The molecule has 0 bridgehead atoms. The number of para-hydroxylation sites is 1. The molecule has 0 unspecified atom stereocenters. The van der Waals surface area contributed by atoms with Gasteiger partial charge in [0.15, 0.2) is 5.11 Å². The molecule has 2 aromatic carbocycles. The molecule has 1 N–H and O–H groups in total. The second-order valence-electron chi connectivity index (χ2n) is 6.32. The van der Waals surface area contributed by atoms with E-state index in [4.69, 9.17) is 17.0 Å². The zero-order valence-electron chi connectivity index (χ0n) is 14.4. The number of hydrogen-bond acceptors (Lipinski definition) is 2. The van der Waals surface area contributed by atoms with Crippen molar-refractivity contribution in [1.29, 1.82) is 0 Å². The molecule has 3 rings (SSSR count). The lowest BCUT2D eigenvalue weighted by atomic mass is 10.1. The zero-order chi connectivity index (χ0) is 17.6. The molecule has 1 aliphatic rings. The van der Waals surface area contributed by atoms with E-state index in [0.29, 0.717) is 6.04 Å². The molecule has 1 fully saturated rings. The van der Waals surface area contributed by atoms with Crippen molar-refractivity contribution in [2.45, 2.75) is 38.3 Å². The highest BCUT2D eigenvalue weighted by atomic mass is 79.9. The Hall–Kier alpha value is -1.59. The Morgan fingerprint density at radius 2 is 1.84 bits per heavy atom. The van der Waals surface area contributed by atoms with E-state index in [0.717, 1.165) is 33.1 Å². The molecule has 0 spiro atoms. The summed E-state index contributed by atoms with van der Waals surface area (Å²) < 4.78 is 6.59. The zero-order valence-corrected chi connectivity index (χ0v) is 16.8. The number of nitrogens with zero attached hydrogens (tertiary/aromatic N) is 1. The van der Waals surface area contributed by atoms with Crippen LogP contribution in [0.15, 0.2) is 53.0 Å². The van der Waals surface area contributed by atoms with Crippen LogP contribution in [0.3, 0.4) is 0 Å². The SMILES string of the molecule is COc1ccccc1CN(C(=S)Nc1ccc(Br)cc1)C1CCCC1. The predicted octanol–water partition coefficient (Wildman–Crippen LogP) is 5.60. The van der Waals surface area contributed by atoms with Crippen molar-refractivity contribution < 1.29 is 4.74 Å². The number of benzene rings is 2. The fraction of sp³-hybridized carbons (Fsp3) is 0.350. The maximum atomic E-state index is 5.77. The van der Waals surface area contributed by atoms with Gasteiger partial charge in [0.2, 0.25) is 0 Å². The fourth-order valence-corrected chi connectivity index (χ4v) is 3.92. The third kappa shape index (κ3) is 4.73. The van der Waals surface area contributed by atoms with E-state index in [-0.39, 0.29) is 0 Å². The van der Waals surface area contributed by atoms with Gasteiger partial charge in [-0.1, -0.05) is 47.0 Å². The second-order valence-corrected chi connectivity index (χ2v) is 7.62. The largest absolute Gasteiger partial charge is 0.496 e. The Balaban J connectivity index is 1.79. The molecule has 3 nitrogen and oxygen atoms in total. The first-order chi connectivity index (χ1) is 12.2. The number of methoxy groups -OCH3 is 1. The summed E-state index contributed by atoms with van der Waals surface area (Å²) in [5.41, 5.74) is 2.17. The molecule has 25 heavy (non-hydrogen) atoms. The number of anilines is 1. The molecule has 0 heterocycles. The van der Waals surface area contributed by atoms with Crippen LogP contribution in [0.1, 0.15) is 31.2 Å². The minimum atomic E-state index is 0.486. The molecule has 0 atom stereocenters. The molecule has 0 aromatic heterocycles. The first-order valence-electron chi connectivity index (χ1n) is 8.62. The molecule has 1 saturated carbocycles. The number of thiocarbonyl (C=S) groups is 1. The topological polar surface area (TPSA) is 24.5 Å². The Morgan fingerprint density at radius 1 is 1.16 bits per heavy atom. The minimum Gasteiger partial charge on any atom is -0.496 e. The summed E-state index contributed by atoms with van der Waals surface area (Å²) in [4.78, 5) is 2.32. The monoisotopic (exact) mass is 418 g/mol. The van der Waals surface area contributed by atoms with Gasteiger partial charge in [0.1, 0.15) is 5.75 Å². The summed E-state index contributed by atoms with van der Waals surface area (Å²) in [6, 6.07) is 16.8. The van der Waals surface area contributed by atoms with E-state index in [9.17, 15) is 0 Å². The summed E-state index contributed by atoms with van der Waals surface area (Å²) in [7, 11) is 1.72. The van der Waals surface area contributed by atoms with Crippen molar-refractivity contribution in [2.75, 3.05) is 12.4 Å². The summed E-state index contributed by atoms with van der Waals surface area (Å²) in [5, 5.41) is 4.18. The van der Waals surface area contributed by atoms with Crippen LogP contribution >= 0.6 is 28.1 Å². The van der Waals surface area contributed by atoms with E-state index in [1.54, 1.807) is 7.11 Å². The molecule has 2 aromatic rings. The molecular formula is C20H23BrN2OS. The van der Waals surface area contributed by atoms with E-state index in [1.807, 2.05) is 36.4 Å². The standard InChI is InChI=1S/C20H23BrN2OS/c1-24-19-9-5-2-6-15(19)14-23(18-7-3-4-8-18)20(25)22-17-12-10-16(21)11-13-17/h2,5-6,9-13,18H,3-4,7-8,14H2,1H3,(H,22,25). The van der Waals surface area contributed by atoms with Gasteiger partial charge in [-0.15, -0.1) is 0 Å². The highest BCUT2D eigenvalue weighted by Gasteiger charge is 2.25. The average Bonchev–Trinajstić information content (AvgIpc) is 3.16.